The number of aryl methyl sites for hydroxylation is 1. The first-order valence-corrected chi connectivity index (χ1v) is 8.85. The van der Waals surface area contributed by atoms with Crippen LogP contribution in [0.1, 0.15) is 31.7 Å². The van der Waals surface area contributed by atoms with E-state index in [1.165, 1.54) is 18.4 Å². The van der Waals surface area contributed by atoms with Gasteiger partial charge in [0.25, 0.3) is 5.56 Å². The third-order valence-corrected chi connectivity index (χ3v) is 4.64. The van der Waals surface area contributed by atoms with Crippen LogP contribution in [0.4, 0.5) is 0 Å². The fourth-order valence-corrected chi connectivity index (χ4v) is 3.22. The van der Waals surface area contributed by atoms with Crippen molar-refractivity contribution in [1.82, 2.24) is 19.7 Å². The Hall–Kier alpha value is -2.08. The van der Waals surface area contributed by atoms with Crippen molar-refractivity contribution < 1.29 is 0 Å². The molecule has 1 N–H and O–H groups in total. The summed E-state index contributed by atoms with van der Waals surface area (Å²) < 4.78 is 1.72. The monoisotopic (exact) mass is 328 g/mol. The lowest BCUT2D eigenvalue weighted by Gasteiger charge is -2.05. The largest absolute Gasteiger partial charge is 0.301 e. The van der Waals surface area contributed by atoms with Crippen molar-refractivity contribution in [1.29, 1.82) is 0 Å². The van der Waals surface area contributed by atoms with Gasteiger partial charge in [-0.25, -0.2) is 9.67 Å². The standard InChI is InChI=1S/C17H20N4OS/c1-3-4-5-10-23-17-19-15-14(16(22)20-17)11-18-21(15)13-8-6-12(2)7-9-13/h6-9,11H,3-5,10H2,1-2H3,(H,19,20,22). The van der Waals surface area contributed by atoms with Gasteiger partial charge in [0.15, 0.2) is 10.8 Å². The maximum Gasteiger partial charge on any atom is 0.262 e. The van der Waals surface area contributed by atoms with Crippen LogP contribution >= 0.6 is 11.8 Å². The zero-order valence-corrected chi connectivity index (χ0v) is 14.2. The predicted octanol–water partition coefficient (Wildman–Crippen LogP) is 3.70. The summed E-state index contributed by atoms with van der Waals surface area (Å²) in [6, 6.07) is 8.02. The minimum Gasteiger partial charge on any atom is -0.301 e. The number of aromatic amines is 1. The molecule has 120 valence electrons. The van der Waals surface area contributed by atoms with Gasteiger partial charge < -0.3 is 4.98 Å². The van der Waals surface area contributed by atoms with Crippen molar-refractivity contribution in [3.05, 3.63) is 46.4 Å². The highest BCUT2D eigenvalue weighted by atomic mass is 32.2. The number of unbranched alkanes of at least 4 members (excludes halogenated alkanes) is 2. The van der Waals surface area contributed by atoms with E-state index in [4.69, 9.17) is 0 Å². The maximum absolute atomic E-state index is 12.2. The van der Waals surface area contributed by atoms with Gasteiger partial charge in [-0.3, -0.25) is 4.79 Å². The van der Waals surface area contributed by atoms with Gasteiger partial charge in [0, 0.05) is 5.75 Å². The van der Waals surface area contributed by atoms with Crippen LogP contribution < -0.4 is 5.56 Å². The van der Waals surface area contributed by atoms with E-state index in [1.54, 1.807) is 22.6 Å². The molecule has 0 saturated heterocycles. The molecule has 0 saturated carbocycles. The van der Waals surface area contributed by atoms with Crippen molar-refractivity contribution in [2.75, 3.05) is 5.75 Å². The second-order valence-electron chi connectivity index (χ2n) is 5.56. The highest BCUT2D eigenvalue weighted by molar-refractivity contribution is 7.99. The molecule has 0 amide bonds. The number of rotatable bonds is 6. The van der Waals surface area contributed by atoms with E-state index in [1.807, 2.05) is 31.2 Å². The average molecular weight is 328 g/mol. The molecule has 2 aromatic heterocycles. The molecule has 0 radical (unpaired) electrons. The highest BCUT2D eigenvalue weighted by Crippen LogP contribution is 2.19. The van der Waals surface area contributed by atoms with E-state index in [0.717, 1.165) is 17.9 Å². The lowest BCUT2D eigenvalue weighted by atomic mass is 10.2. The maximum atomic E-state index is 12.2. The van der Waals surface area contributed by atoms with Crippen molar-refractivity contribution in [3.8, 4) is 5.69 Å². The fraction of sp³-hybridized carbons (Fsp3) is 0.353. The van der Waals surface area contributed by atoms with Crippen molar-refractivity contribution in [2.24, 2.45) is 0 Å². The van der Waals surface area contributed by atoms with Gasteiger partial charge in [0.1, 0.15) is 5.39 Å². The van der Waals surface area contributed by atoms with Crippen LogP contribution in [0, 0.1) is 6.92 Å². The summed E-state index contributed by atoms with van der Waals surface area (Å²) >= 11 is 1.59. The minimum absolute atomic E-state index is 0.133. The molecular formula is C17H20N4OS. The number of benzene rings is 1. The number of thioether (sulfide) groups is 1. The summed E-state index contributed by atoms with van der Waals surface area (Å²) in [6.07, 6.45) is 5.08. The second kappa shape index (κ2) is 7.00. The Morgan fingerprint density at radius 1 is 1.22 bits per heavy atom. The quantitative estimate of drug-likeness (QED) is 0.426. The van der Waals surface area contributed by atoms with Crippen molar-refractivity contribution in [2.45, 2.75) is 38.3 Å². The Bertz CT molecular complexity index is 851. The first-order chi connectivity index (χ1) is 11.2. The molecule has 2 heterocycles. The fourth-order valence-electron chi connectivity index (χ4n) is 2.36. The number of hydrogen-bond donors (Lipinski definition) is 1. The van der Waals surface area contributed by atoms with Crippen LogP contribution in [0.25, 0.3) is 16.7 Å². The van der Waals surface area contributed by atoms with Crippen LogP contribution in [0.5, 0.6) is 0 Å². The van der Waals surface area contributed by atoms with Crippen LogP contribution in [0.15, 0.2) is 40.4 Å². The zero-order valence-electron chi connectivity index (χ0n) is 13.4. The van der Waals surface area contributed by atoms with E-state index in [2.05, 4.69) is 22.0 Å². The van der Waals surface area contributed by atoms with Gasteiger partial charge in [0.2, 0.25) is 0 Å². The summed E-state index contributed by atoms with van der Waals surface area (Å²) in [7, 11) is 0. The van der Waals surface area contributed by atoms with E-state index in [-0.39, 0.29) is 5.56 Å². The molecule has 0 atom stereocenters. The third-order valence-electron chi connectivity index (χ3n) is 3.68. The smallest absolute Gasteiger partial charge is 0.262 e. The molecule has 0 aliphatic rings. The Morgan fingerprint density at radius 2 is 2.00 bits per heavy atom. The molecule has 6 heteroatoms. The third kappa shape index (κ3) is 3.47. The van der Waals surface area contributed by atoms with Crippen molar-refractivity contribution >= 4 is 22.8 Å². The van der Waals surface area contributed by atoms with E-state index in [9.17, 15) is 4.79 Å². The number of H-pyrrole nitrogens is 1. The van der Waals surface area contributed by atoms with Crippen LogP contribution in [0.3, 0.4) is 0 Å². The molecule has 0 spiro atoms. The molecule has 5 nitrogen and oxygen atoms in total. The highest BCUT2D eigenvalue weighted by Gasteiger charge is 2.11. The van der Waals surface area contributed by atoms with E-state index in [0.29, 0.717) is 16.2 Å². The minimum atomic E-state index is -0.133. The Balaban J connectivity index is 1.95. The normalized spacial score (nSPS) is 11.2. The van der Waals surface area contributed by atoms with Crippen LogP contribution in [-0.4, -0.2) is 25.5 Å². The van der Waals surface area contributed by atoms with Gasteiger partial charge in [-0.2, -0.15) is 5.10 Å². The average Bonchev–Trinajstić information content (AvgIpc) is 2.97. The van der Waals surface area contributed by atoms with Gasteiger partial charge in [-0.05, 0) is 25.5 Å². The van der Waals surface area contributed by atoms with Gasteiger partial charge in [0.05, 0.1) is 11.9 Å². The molecule has 0 fully saturated rings. The molecule has 1 aromatic carbocycles. The van der Waals surface area contributed by atoms with E-state index < -0.39 is 0 Å². The molecule has 0 unspecified atom stereocenters. The predicted molar refractivity (Wildman–Crippen MR) is 94.5 cm³/mol. The zero-order chi connectivity index (χ0) is 16.2. The summed E-state index contributed by atoms with van der Waals surface area (Å²) in [5, 5.41) is 5.51. The SMILES string of the molecule is CCCCCSc1nc2c(cnn2-c2ccc(C)cc2)c(=O)[nH]1. The number of hydrogen-bond acceptors (Lipinski definition) is 4. The van der Waals surface area contributed by atoms with Gasteiger partial charge >= 0.3 is 0 Å². The molecule has 3 aromatic rings. The summed E-state index contributed by atoms with van der Waals surface area (Å²) in [5.74, 6) is 0.959. The van der Waals surface area contributed by atoms with Gasteiger partial charge in [-0.1, -0.05) is 49.2 Å². The first-order valence-electron chi connectivity index (χ1n) is 7.87. The Morgan fingerprint density at radius 3 is 2.74 bits per heavy atom. The first kappa shape index (κ1) is 15.8. The summed E-state index contributed by atoms with van der Waals surface area (Å²) in [6.45, 7) is 4.22. The molecule has 23 heavy (non-hydrogen) atoms. The Kier molecular flexibility index (Phi) is 4.81. The molecule has 3 rings (SSSR count). The lowest BCUT2D eigenvalue weighted by Crippen LogP contribution is -2.10. The molecule has 0 aliphatic heterocycles. The van der Waals surface area contributed by atoms with Crippen molar-refractivity contribution in [3.63, 3.8) is 0 Å². The number of nitrogens with zero attached hydrogens (tertiary/aromatic N) is 3. The molecular weight excluding hydrogens is 308 g/mol. The lowest BCUT2D eigenvalue weighted by molar-refractivity contribution is 0.777. The van der Waals surface area contributed by atoms with Crippen LogP contribution in [-0.2, 0) is 0 Å². The molecule has 0 bridgehead atoms. The summed E-state index contributed by atoms with van der Waals surface area (Å²) in [4.78, 5) is 19.7. The topological polar surface area (TPSA) is 63.6 Å². The second-order valence-corrected chi connectivity index (χ2v) is 6.64. The number of aromatic nitrogens is 4. The van der Waals surface area contributed by atoms with E-state index >= 15 is 0 Å². The number of fused-ring (bicyclic) bond motifs is 1. The van der Waals surface area contributed by atoms with Gasteiger partial charge in [-0.15, -0.1) is 0 Å². The molecule has 0 aliphatic carbocycles. The van der Waals surface area contributed by atoms with Crippen LogP contribution in [0.2, 0.25) is 0 Å². The summed E-state index contributed by atoms with van der Waals surface area (Å²) in [5.41, 5.74) is 2.57. The number of nitrogens with one attached hydrogen (secondary N) is 1. The Labute approximate surface area is 139 Å².